The summed E-state index contributed by atoms with van der Waals surface area (Å²) in [6, 6.07) is 94.8. The summed E-state index contributed by atoms with van der Waals surface area (Å²) < 4.78 is 2.83. The molecule has 416 valence electrons. The van der Waals surface area contributed by atoms with Gasteiger partial charge in [-0.25, -0.2) is 0 Å². The first-order valence-electron chi connectivity index (χ1n) is 28.7. The Kier molecular flexibility index (Phi) is 29.0. The van der Waals surface area contributed by atoms with Crippen LogP contribution in [0.4, 0.5) is 0 Å². The molecule has 0 heterocycles. The van der Waals surface area contributed by atoms with Crippen LogP contribution < -0.4 is 24.8 Å². The van der Waals surface area contributed by atoms with Crippen LogP contribution in [0.1, 0.15) is 99.9 Å². The standard InChI is InChI=1S/4C13H15.2C13H10.2ClH.2Zr/c4*1-10(2)7-11-8-12-5-3-4-6-13(12)9-11;2*1-3-7-12(8-4-1)11-13-9-5-2-6-10-13;;;;/h4*3-6,8-10H,7H2,1-2H3;2*1-10H;2*1H;;/q4*-1;;;;;2*+2/p-2. The SMILES string of the molecule is CC(C)Cc1cc2ccccc2[cH-]1.CC(C)Cc1cc2ccccc2[cH-]1.CC(C)Cc1cc2ccccc2[cH-]1.CC(C)Cc1cc2ccccc2[cH-]1.[Cl-].[Cl-].[Zr+2]=[C](c1ccccc1)c1ccccc1.[Zr+2]=[C](c1ccccc1)c1ccccc1. The topological polar surface area (TPSA) is 0 Å². The average Bonchev–Trinajstić information content (AvgIpc) is 4.32. The van der Waals surface area contributed by atoms with Crippen molar-refractivity contribution in [2.75, 3.05) is 0 Å². The van der Waals surface area contributed by atoms with Crippen molar-refractivity contribution in [3.05, 3.63) is 311 Å². The molecule has 0 saturated carbocycles. The van der Waals surface area contributed by atoms with E-state index in [1.54, 1.807) is 0 Å². The van der Waals surface area contributed by atoms with Gasteiger partial charge in [0.2, 0.25) is 0 Å². The number of benzene rings is 8. The second-order valence-electron chi connectivity index (χ2n) is 22.6. The zero-order chi connectivity index (χ0) is 56.6. The molecular weight excluding hydrogens is 1190 g/mol. The van der Waals surface area contributed by atoms with Crippen LogP contribution in [0.3, 0.4) is 0 Å². The fourth-order valence-corrected chi connectivity index (χ4v) is 11.6. The number of fused-ring (bicyclic) bond motifs is 4. The first kappa shape index (κ1) is 67.1. The normalized spacial score (nSPS) is 10.5. The van der Waals surface area contributed by atoms with Crippen LogP contribution in [0.15, 0.2) is 267 Å². The number of hydrogen-bond acceptors (Lipinski definition) is 0. The minimum atomic E-state index is 0. The van der Waals surface area contributed by atoms with Crippen molar-refractivity contribution in [1.82, 2.24) is 0 Å². The third kappa shape index (κ3) is 22.1. The Morgan fingerprint density at radius 3 is 0.610 bits per heavy atom. The van der Waals surface area contributed by atoms with Gasteiger partial charge in [-0.3, -0.25) is 0 Å². The molecule has 0 radical (unpaired) electrons. The molecule has 82 heavy (non-hydrogen) atoms. The molecule has 0 spiro atoms. The Bertz CT molecular complexity index is 3080. The van der Waals surface area contributed by atoms with Gasteiger partial charge in [-0.05, 0) is 49.4 Å². The summed E-state index contributed by atoms with van der Waals surface area (Å²) in [6.45, 7) is 18.1. The molecule has 0 saturated heterocycles. The quantitative estimate of drug-likeness (QED) is 0.107. The molecule has 12 aromatic carbocycles. The van der Waals surface area contributed by atoms with E-state index < -0.39 is 0 Å². The second kappa shape index (κ2) is 35.4. The molecule has 0 N–H and O–H groups in total. The zero-order valence-corrected chi connectivity index (χ0v) is 55.7. The van der Waals surface area contributed by atoms with Crippen molar-refractivity contribution < 1.29 is 73.3 Å². The number of rotatable bonds is 12. The van der Waals surface area contributed by atoms with Crippen LogP contribution in [0, 0.1) is 23.7 Å². The van der Waals surface area contributed by atoms with Crippen molar-refractivity contribution in [1.29, 1.82) is 0 Å². The monoisotopic (exact) mass is 1270 g/mol. The Morgan fingerprint density at radius 1 is 0.268 bits per heavy atom. The molecule has 0 nitrogen and oxygen atoms in total. The van der Waals surface area contributed by atoms with Gasteiger partial charge in [0.25, 0.3) is 0 Å². The summed E-state index contributed by atoms with van der Waals surface area (Å²) in [5, 5.41) is 11.0. The summed E-state index contributed by atoms with van der Waals surface area (Å²) >= 11 is 2.92. The van der Waals surface area contributed by atoms with Crippen LogP contribution in [0.5, 0.6) is 0 Å². The van der Waals surface area contributed by atoms with E-state index in [9.17, 15) is 0 Å². The van der Waals surface area contributed by atoms with Crippen LogP contribution in [0.25, 0.3) is 43.1 Å². The van der Waals surface area contributed by atoms with Gasteiger partial charge in [-0.15, -0.1) is 162 Å². The fourth-order valence-electron chi connectivity index (χ4n) is 9.97. The second-order valence-corrected chi connectivity index (χ2v) is 25.0. The van der Waals surface area contributed by atoms with E-state index in [1.165, 1.54) is 168 Å². The Balaban J connectivity index is 0.000000180. The zero-order valence-electron chi connectivity index (χ0n) is 49.3. The van der Waals surface area contributed by atoms with Gasteiger partial charge >= 0.3 is 198 Å². The first-order chi connectivity index (χ1) is 38.8. The van der Waals surface area contributed by atoms with Gasteiger partial charge in [-0.1, -0.05) is 79.7 Å². The van der Waals surface area contributed by atoms with Crippen LogP contribution >= 0.6 is 0 Å². The van der Waals surface area contributed by atoms with E-state index in [-0.39, 0.29) is 24.8 Å². The Hall–Kier alpha value is -5.71. The van der Waals surface area contributed by atoms with Gasteiger partial charge in [0, 0.05) is 0 Å². The van der Waals surface area contributed by atoms with Crippen molar-refractivity contribution in [3.8, 4) is 0 Å². The van der Waals surface area contributed by atoms with Crippen molar-refractivity contribution >= 4 is 49.5 Å². The van der Waals surface area contributed by atoms with E-state index in [2.05, 4.69) is 322 Å². The van der Waals surface area contributed by atoms with Gasteiger partial charge in [0.1, 0.15) is 0 Å². The van der Waals surface area contributed by atoms with E-state index in [4.69, 9.17) is 0 Å². The van der Waals surface area contributed by atoms with E-state index in [1.807, 2.05) is 0 Å². The molecule has 0 atom stereocenters. The van der Waals surface area contributed by atoms with Gasteiger partial charge in [0.15, 0.2) is 0 Å². The van der Waals surface area contributed by atoms with E-state index in [0.717, 1.165) is 23.7 Å². The predicted molar refractivity (Wildman–Crippen MR) is 345 cm³/mol. The van der Waals surface area contributed by atoms with Gasteiger partial charge < -0.3 is 24.8 Å². The summed E-state index contributed by atoms with van der Waals surface area (Å²) in [4.78, 5) is 0. The van der Waals surface area contributed by atoms with Gasteiger partial charge in [0.05, 0.1) is 0 Å². The Labute approximate surface area is 534 Å². The molecular formula is C78H80Cl2Zr2-2. The van der Waals surface area contributed by atoms with Crippen molar-refractivity contribution in [3.63, 3.8) is 0 Å². The minimum absolute atomic E-state index is 0. The van der Waals surface area contributed by atoms with Crippen molar-refractivity contribution in [2.45, 2.75) is 81.1 Å². The third-order valence-electron chi connectivity index (χ3n) is 13.5. The molecule has 0 aromatic heterocycles. The summed E-state index contributed by atoms with van der Waals surface area (Å²) in [7, 11) is 0. The van der Waals surface area contributed by atoms with Crippen LogP contribution in [0.2, 0.25) is 0 Å². The van der Waals surface area contributed by atoms with E-state index in [0.29, 0.717) is 0 Å². The van der Waals surface area contributed by atoms with Gasteiger partial charge in [-0.2, -0.15) is 24.3 Å². The summed E-state index contributed by atoms with van der Waals surface area (Å²) in [5.74, 6) is 2.99. The molecule has 0 aliphatic rings. The molecule has 0 bridgehead atoms. The molecule has 12 aromatic rings. The summed E-state index contributed by atoms with van der Waals surface area (Å²) in [5.41, 5.74) is 11.2. The molecule has 0 fully saturated rings. The number of hydrogen-bond donors (Lipinski definition) is 0. The molecule has 0 aliphatic heterocycles. The summed E-state index contributed by atoms with van der Waals surface area (Å²) in [6.07, 6.45) is 4.76. The van der Waals surface area contributed by atoms with E-state index >= 15 is 0 Å². The Morgan fingerprint density at radius 2 is 0.439 bits per heavy atom. The average molecular weight is 1270 g/mol. The number of halogens is 2. The predicted octanol–water partition coefficient (Wildman–Crippen LogP) is 14.6. The maximum atomic E-state index is 2.30. The van der Waals surface area contributed by atoms with Crippen molar-refractivity contribution in [2.24, 2.45) is 23.7 Å². The van der Waals surface area contributed by atoms with Crippen LogP contribution in [-0.2, 0) is 74.2 Å². The van der Waals surface area contributed by atoms with Crippen LogP contribution in [-0.4, -0.2) is 6.41 Å². The molecule has 12 rings (SSSR count). The third-order valence-corrected chi connectivity index (χ3v) is 16.4. The fraction of sp³-hybridized carbons (Fsp3) is 0.205. The molecule has 0 aliphatic carbocycles. The molecule has 0 unspecified atom stereocenters. The molecule has 4 heteroatoms. The molecule has 0 amide bonds. The first-order valence-corrected chi connectivity index (χ1v) is 31.2. The maximum absolute atomic E-state index is 2.30.